The van der Waals surface area contributed by atoms with Crippen molar-refractivity contribution < 1.29 is 23.5 Å². The largest absolute Gasteiger partial charge is 0.456 e. The van der Waals surface area contributed by atoms with Crippen molar-refractivity contribution >= 4 is 46.8 Å². The maximum atomic E-state index is 13.2. The number of imide groups is 1. The molecule has 1 saturated heterocycles. The van der Waals surface area contributed by atoms with Crippen molar-refractivity contribution in [2.75, 3.05) is 28.6 Å². The van der Waals surface area contributed by atoms with Crippen LogP contribution < -0.4 is 20.3 Å². The van der Waals surface area contributed by atoms with Gasteiger partial charge in [-0.25, -0.2) is 23.9 Å². The molecule has 0 saturated carbocycles. The van der Waals surface area contributed by atoms with Crippen LogP contribution in [0.5, 0.6) is 11.5 Å². The van der Waals surface area contributed by atoms with E-state index < -0.39 is 17.9 Å². The van der Waals surface area contributed by atoms with E-state index in [1.807, 2.05) is 0 Å². The average Bonchev–Trinajstić information content (AvgIpc) is 3.19. The maximum Gasteiger partial charge on any atom is 0.332 e. The number of ether oxygens (including phenoxy) is 1. The van der Waals surface area contributed by atoms with E-state index in [1.54, 1.807) is 24.3 Å². The van der Waals surface area contributed by atoms with E-state index >= 15 is 0 Å². The molecule has 3 aromatic rings. The number of nitrogens with zero attached hydrogens (tertiary/aromatic N) is 3. The zero-order chi connectivity index (χ0) is 24.2. The molecule has 2 N–H and O–H groups in total. The van der Waals surface area contributed by atoms with Gasteiger partial charge in [-0.1, -0.05) is 11.6 Å². The van der Waals surface area contributed by atoms with Gasteiger partial charge in [-0.2, -0.15) is 0 Å². The quantitative estimate of drug-likeness (QED) is 0.525. The van der Waals surface area contributed by atoms with Crippen LogP contribution in [-0.4, -0.2) is 40.9 Å². The number of halogens is 2. The van der Waals surface area contributed by atoms with Crippen LogP contribution >= 0.6 is 11.6 Å². The zero-order valence-corrected chi connectivity index (χ0v) is 18.7. The van der Waals surface area contributed by atoms with Gasteiger partial charge in [0.25, 0.3) is 0 Å². The number of anilines is 3. The molecule has 2 aromatic carbocycles. The molecule has 2 heterocycles. The Morgan fingerprint density at radius 3 is 2.44 bits per heavy atom. The molecule has 0 atom stereocenters. The maximum absolute atomic E-state index is 13.2. The van der Waals surface area contributed by atoms with Crippen LogP contribution in [0.4, 0.5) is 31.2 Å². The van der Waals surface area contributed by atoms with Crippen molar-refractivity contribution in [3.05, 3.63) is 71.6 Å². The highest BCUT2D eigenvalue weighted by Gasteiger charge is 2.34. The smallest absolute Gasteiger partial charge is 0.332 e. The fourth-order valence-corrected chi connectivity index (χ4v) is 3.43. The summed E-state index contributed by atoms with van der Waals surface area (Å²) in [5, 5.41) is 5.43. The summed E-state index contributed by atoms with van der Waals surface area (Å²) in [4.78, 5) is 43.1. The lowest BCUT2D eigenvalue weighted by Crippen LogP contribution is -2.39. The first kappa shape index (κ1) is 23.0. The molecule has 0 bridgehead atoms. The topological polar surface area (TPSA) is 104 Å². The van der Waals surface area contributed by atoms with Crippen molar-refractivity contribution in [1.29, 1.82) is 0 Å². The van der Waals surface area contributed by atoms with Crippen LogP contribution in [0, 0.1) is 5.82 Å². The number of urea groups is 2. The Kier molecular flexibility index (Phi) is 6.60. The predicted molar refractivity (Wildman–Crippen MR) is 125 cm³/mol. The van der Waals surface area contributed by atoms with Gasteiger partial charge in [0.05, 0.1) is 23.5 Å². The minimum absolute atomic E-state index is 0.155. The van der Waals surface area contributed by atoms with E-state index in [1.165, 1.54) is 48.4 Å². The second-order valence-corrected chi connectivity index (χ2v) is 7.70. The Morgan fingerprint density at radius 1 is 1.03 bits per heavy atom. The highest BCUT2D eigenvalue weighted by Crippen LogP contribution is 2.30. The lowest BCUT2D eigenvalue weighted by atomic mass is 10.3. The number of hydrogen-bond donors (Lipinski definition) is 2. The molecule has 34 heavy (non-hydrogen) atoms. The lowest BCUT2D eigenvalue weighted by molar-refractivity contribution is -0.114. The number of hydrogen-bond acceptors (Lipinski definition) is 5. The summed E-state index contributed by atoms with van der Waals surface area (Å²) >= 11 is 6.22. The average molecular weight is 484 g/mol. The second kappa shape index (κ2) is 9.75. The van der Waals surface area contributed by atoms with Crippen molar-refractivity contribution in [3.8, 4) is 11.5 Å². The van der Waals surface area contributed by atoms with Gasteiger partial charge >= 0.3 is 12.1 Å². The SMILES string of the molecule is CC(=O)Nc1ccc(Oc2ccc(Cl)c(NC(=O)N3CCN(c4ccc(F)cc4)C3=O)c2)cn1. The Bertz CT molecular complexity index is 1240. The zero-order valence-electron chi connectivity index (χ0n) is 17.9. The third-order valence-corrected chi connectivity index (χ3v) is 5.18. The number of rotatable bonds is 5. The fourth-order valence-electron chi connectivity index (χ4n) is 3.26. The summed E-state index contributed by atoms with van der Waals surface area (Å²) in [5.41, 5.74) is 0.744. The first-order valence-electron chi connectivity index (χ1n) is 10.2. The molecule has 1 fully saturated rings. The highest BCUT2D eigenvalue weighted by atomic mass is 35.5. The van der Waals surface area contributed by atoms with Gasteiger partial charge in [-0.15, -0.1) is 0 Å². The van der Waals surface area contributed by atoms with Crippen molar-refractivity contribution in [2.45, 2.75) is 6.92 Å². The van der Waals surface area contributed by atoms with Gasteiger partial charge in [0, 0.05) is 25.2 Å². The summed E-state index contributed by atoms with van der Waals surface area (Å²) in [6.45, 7) is 1.81. The molecule has 174 valence electrons. The van der Waals surface area contributed by atoms with Crippen LogP contribution in [0.25, 0.3) is 0 Å². The number of nitrogens with one attached hydrogen (secondary N) is 2. The van der Waals surface area contributed by atoms with Gasteiger partial charge in [0.1, 0.15) is 23.1 Å². The molecule has 1 aliphatic heterocycles. The number of aromatic nitrogens is 1. The molecule has 9 nitrogen and oxygen atoms in total. The third kappa shape index (κ3) is 5.24. The summed E-state index contributed by atoms with van der Waals surface area (Å²) in [6, 6.07) is 12.1. The summed E-state index contributed by atoms with van der Waals surface area (Å²) in [7, 11) is 0. The molecule has 0 aliphatic carbocycles. The number of carbonyl (C=O) groups is 3. The van der Waals surface area contributed by atoms with Gasteiger partial charge in [0.2, 0.25) is 5.91 Å². The number of benzene rings is 2. The minimum atomic E-state index is -0.657. The first-order valence-corrected chi connectivity index (χ1v) is 10.5. The Morgan fingerprint density at radius 2 is 1.76 bits per heavy atom. The minimum Gasteiger partial charge on any atom is -0.456 e. The molecule has 11 heteroatoms. The normalized spacial score (nSPS) is 13.1. The molecule has 0 radical (unpaired) electrons. The van der Waals surface area contributed by atoms with Crippen LogP contribution in [-0.2, 0) is 4.79 Å². The summed E-state index contributed by atoms with van der Waals surface area (Å²) in [6.07, 6.45) is 1.44. The number of amides is 5. The second-order valence-electron chi connectivity index (χ2n) is 7.30. The van der Waals surface area contributed by atoms with E-state index in [0.717, 1.165) is 4.90 Å². The highest BCUT2D eigenvalue weighted by molar-refractivity contribution is 6.33. The third-order valence-electron chi connectivity index (χ3n) is 4.85. The molecular weight excluding hydrogens is 465 g/mol. The number of pyridine rings is 1. The Labute approximate surface area is 199 Å². The summed E-state index contributed by atoms with van der Waals surface area (Å²) < 4.78 is 18.9. The van der Waals surface area contributed by atoms with Gasteiger partial charge in [-0.05, 0) is 48.5 Å². The standard InChI is InChI=1S/C23H19ClFN5O4/c1-14(31)27-21-9-7-18(13-26-21)34-17-6-8-19(24)20(12-17)28-22(32)30-11-10-29(23(30)33)16-4-2-15(25)3-5-16/h2-9,12-13H,10-11H2,1H3,(H,28,32)(H,26,27,31). The van der Waals surface area contributed by atoms with E-state index in [4.69, 9.17) is 16.3 Å². The van der Waals surface area contributed by atoms with E-state index in [-0.39, 0.29) is 29.7 Å². The summed E-state index contributed by atoms with van der Waals surface area (Å²) in [5.74, 6) is 0.499. The molecule has 0 spiro atoms. The molecular formula is C23H19ClFN5O4. The molecule has 0 unspecified atom stereocenters. The van der Waals surface area contributed by atoms with E-state index in [9.17, 15) is 18.8 Å². The molecule has 1 aliphatic rings. The van der Waals surface area contributed by atoms with E-state index in [2.05, 4.69) is 15.6 Å². The van der Waals surface area contributed by atoms with Crippen molar-refractivity contribution in [1.82, 2.24) is 9.88 Å². The van der Waals surface area contributed by atoms with Crippen molar-refractivity contribution in [3.63, 3.8) is 0 Å². The van der Waals surface area contributed by atoms with E-state index in [0.29, 0.717) is 23.0 Å². The molecule has 4 rings (SSSR count). The van der Waals surface area contributed by atoms with Crippen LogP contribution in [0.3, 0.4) is 0 Å². The fraction of sp³-hybridized carbons (Fsp3) is 0.130. The van der Waals surface area contributed by atoms with Gasteiger partial charge < -0.3 is 15.4 Å². The molecule has 5 amide bonds. The van der Waals surface area contributed by atoms with Crippen molar-refractivity contribution in [2.24, 2.45) is 0 Å². The van der Waals surface area contributed by atoms with Gasteiger partial charge in [-0.3, -0.25) is 9.69 Å². The first-order chi connectivity index (χ1) is 16.3. The monoisotopic (exact) mass is 483 g/mol. The Balaban J connectivity index is 1.43. The van der Waals surface area contributed by atoms with Crippen LogP contribution in [0.15, 0.2) is 60.8 Å². The number of carbonyl (C=O) groups excluding carboxylic acids is 3. The molecule has 1 aromatic heterocycles. The predicted octanol–water partition coefficient (Wildman–Crippen LogP) is 5.10. The Hall–Kier alpha value is -4.18. The van der Waals surface area contributed by atoms with Gasteiger partial charge in [0.15, 0.2) is 0 Å². The lowest BCUT2D eigenvalue weighted by Gasteiger charge is -2.18. The van der Waals surface area contributed by atoms with Crippen LogP contribution in [0.2, 0.25) is 5.02 Å². The van der Waals surface area contributed by atoms with Crippen LogP contribution in [0.1, 0.15) is 6.92 Å².